The van der Waals surface area contributed by atoms with Crippen molar-refractivity contribution in [1.82, 2.24) is 0 Å². The maximum atomic E-state index is 13.5. The molecule has 0 aromatic heterocycles. The van der Waals surface area contributed by atoms with Crippen LogP contribution in [0, 0.1) is 0 Å². The quantitative estimate of drug-likeness (QED) is 0.416. The lowest BCUT2D eigenvalue weighted by Gasteiger charge is -2.23. The normalized spacial score (nSPS) is 17.6. The first-order valence-electron chi connectivity index (χ1n) is 10.4. The second-order valence-corrected chi connectivity index (χ2v) is 8.39. The molecule has 4 nitrogen and oxygen atoms in total. The van der Waals surface area contributed by atoms with Crippen LogP contribution in [0.5, 0.6) is 0 Å². The van der Waals surface area contributed by atoms with Crippen molar-refractivity contribution >= 4 is 39.8 Å². The smallest absolute Gasteiger partial charge is 0.264 e. The van der Waals surface area contributed by atoms with E-state index in [4.69, 9.17) is 11.6 Å². The Morgan fingerprint density at radius 1 is 0.875 bits per heavy atom. The lowest BCUT2D eigenvalue weighted by atomic mass is 9.87. The number of halogens is 1. The van der Waals surface area contributed by atoms with Crippen LogP contribution in [0.25, 0.3) is 10.8 Å². The van der Waals surface area contributed by atoms with Crippen LogP contribution in [0.15, 0.2) is 91.0 Å². The van der Waals surface area contributed by atoms with Crippen molar-refractivity contribution < 1.29 is 14.7 Å². The van der Waals surface area contributed by atoms with Crippen molar-refractivity contribution in [3.63, 3.8) is 0 Å². The Kier molecular flexibility index (Phi) is 5.04. The Morgan fingerprint density at radius 2 is 1.56 bits per heavy atom. The predicted molar refractivity (Wildman–Crippen MR) is 126 cm³/mol. The highest BCUT2D eigenvalue weighted by molar-refractivity contribution is 6.31. The van der Waals surface area contributed by atoms with E-state index in [1.165, 1.54) is 4.90 Å². The number of amides is 1. The number of ketones is 1. The van der Waals surface area contributed by atoms with Crippen molar-refractivity contribution in [2.24, 2.45) is 0 Å². The second-order valence-electron chi connectivity index (χ2n) is 7.99. The minimum Gasteiger partial charge on any atom is -0.375 e. The number of aliphatic hydroxyl groups is 1. The zero-order valence-electron chi connectivity index (χ0n) is 17.2. The highest BCUT2D eigenvalue weighted by atomic mass is 35.5. The highest BCUT2D eigenvalue weighted by Crippen LogP contribution is 2.44. The topological polar surface area (TPSA) is 57.6 Å². The Labute approximate surface area is 190 Å². The number of carbonyl (C=O) groups excluding carboxylic acids is 2. The second kappa shape index (κ2) is 7.90. The SMILES string of the molecule is O=C(CC1(O)C(=O)N(Cc2ccccc2Cl)c2ccccc21)c1cccc2ccccc12. The third-order valence-electron chi connectivity index (χ3n) is 6.03. The van der Waals surface area contributed by atoms with Gasteiger partial charge in [0.25, 0.3) is 5.91 Å². The molecule has 1 unspecified atom stereocenters. The number of rotatable bonds is 5. The molecule has 1 heterocycles. The molecule has 1 atom stereocenters. The number of para-hydroxylation sites is 1. The van der Waals surface area contributed by atoms with Crippen LogP contribution in [0.4, 0.5) is 5.69 Å². The molecule has 0 spiro atoms. The molecule has 1 amide bonds. The van der Waals surface area contributed by atoms with Crippen molar-refractivity contribution in [3.05, 3.63) is 113 Å². The molecule has 0 fully saturated rings. The molecule has 0 radical (unpaired) electrons. The summed E-state index contributed by atoms with van der Waals surface area (Å²) in [7, 11) is 0. The maximum Gasteiger partial charge on any atom is 0.264 e. The number of benzene rings is 4. The number of carbonyl (C=O) groups is 2. The van der Waals surface area contributed by atoms with Gasteiger partial charge in [0.15, 0.2) is 11.4 Å². The van der Waals surface area contributed by atoms with E-state index < -0.39 is 11.5 Å². The maximum absolute atomic E-state index is 13.5. The molecule has 0 saturated carbocycles. The molecule has 158 valence electrons. The summed E-state index contributed by atoms with van der Waals surface area (Å²) in [6.07, 6.45) is -0.337. The molecule has 32 heavy (non-hydrogen) atoms. The Morgan fingerprint density at radius 3 is 2.41 bits per heavy atom. The third kappa shape index (κ3) is 3.29. The van der Waals surface area contributed by atoms with Crippen LogP contribution >= 0.6 is 11.6 Å². The van der Waals surface area contributed by atoms with Gasteiger partial charge in [0, 0.05) is 16.1 Å². The summed E-state index contributed by atoms with van der Waals surface area (Å²) < 4.78 is 0. The van der Waals surface area contributed by atoms with Crippen molar-refractivity contribution in [2.45, 2.75) is 18.6 Å². The Balaban J connectivity index is 1.53. The van der Waals surface area contributed by atoms with E-state index in [-0.39, 0.29) is 18.7 Å². The molecular formula is C27H20ClNO3. The lowest BCUT2D eigenvalue weighted by molar-refractivity contribution is -0.136. The van der Waals surface area contributed by atoms with Crippen LogP contribution in [-0.2, 0) is 16.9 Å². The third-order valence-corrected chi connectivity index (χ3v) is 6.40. The average Bonchev–Trinajstić information content (AvgIpc) is 3.02. The van der Waals surface area contributed by atoms with Gasteiger partial charge in [0.2, 0.25) is 0 Å². The summed E-state index contributed by atoms with van der Waals surface area (Å²) in [4.78, 5) is 28.4. The summed E-state index contributed by atoms with van der Waals surface area (Å²) in [6, 6.07) is 27.4. The number of hydrogen-bond acceptors (Lipinski definition) is 3. The van der Waals surface area contributed by atoms with Crippen LogP contribution in [0.3, 0.4) is 0 Å². The van der Waals surface area contributed by atoms with Gasteiger partial charge in [-0.15, -0.1) is 0 Å². The van der Waals surface area contributed by atoms with Gasteiger partial charge in [-0.2, -0.15) is 0 Å². The molecule has 1 aliphatic rings. The van der Waals surface area contributed by atoms with Gasteiger partial charge in [-0.1, -0.05) is 90.5 Å². The first-order chi connectivity index (χ1) is 15.5. The molecule has 5 rings (SSSR count). The molecule has 4 aromatic carbocycles. The van der Waals surface area contributed by atoms with Crippen molar-refractivity contribution in [2.75, 3.05) is 4.90 Å². The van der Waals surface area contributed by atoms with E-state index in [2.05, 4.69) is 0 Å². The van der Waals surface area contributed by atoms with E-state index >= 15 is 0 Å². The molecule has 5 heteroatoms. The molecule has 1 N–H and O–H groups in total. The van der Waals surface area contributed by atoms with Crippen LogP contribution in [0.1, 0.15) is 27.9 Å². The van der Waals surface area contributed by atoms with Gasteiger partial charge in [-0.25, -0.2) is 0 Å². The molecular weight excluding hydrogens is 422 g/mol. The van der Waals surface area contributed by atoms with Crippen molar-refractivity contribution in [1.29, 1.82) is 0 Å². The molecule has 0 bridgehead atoms. The van der Waals surface area contributed by atoms with E-state index in [9.17, 15) is 14.7 Å². The van der Waals surface area contributed by atoms with E-state index in [0.717, 1.165) is 16.3 Å². The number of fused-ring (bicyclic) bond motifs is 2. The molecule has 0 saturated heterocycles. The number of Topliss-reactive ketones (excluding diaryl/α,β-unsaturated/α-hetero) is 1. The van der Waals surface area contributed by atoms with Gasteiger partial charge in [-0.3, -0.25) is 9.59 Å². The van der Waals surface area contributed by atoms with E-state index in [0.29, 0.717) is 21.8 Å². The van der Waals surface area contributed by atoms with Crippen LogP contribution < -0.4 is 4.90 Å². The first kappa shape index (κ1) is 20.4. The largest absolute Gasteiger partial charge is 0.375 e. The van der Waals surface area contributed by atoms with Gasteiger partial charge in [0.05, 0.1) is 18.7 Å². The summed E-state index contributed by atoms with van der Waals surface area (Å²) >= 11 is 6.31. The summed E-state index contributed by atoms with van der Waals surface area (Å²) in [6.45, 7) is 0.209. The number of anilines is 1. The monoisotopic (exact) mass is 441 g/mol. The fourth-order valence-electron chi connectivity index (χ4n) is 4.43. The lowest BCUT2D eigenvalue weighted by Crippen LogP contribution is -2.41. The Hall–Kier alpha value is -3.47. The zero-order chi connectivity index (χ0) is 22.3. The fourth-order valence-corrected chi connectivity index (χ4v) is 4.62. The minimum atomic E-state index is -1.94. The number of nitrogens with zero attached hydrogens (tertiary/aromatic N) is 1. The predicted octanol–water partition coefficient (Wildman–Crippen LogP) is 5.50. The summed E-state index contributed by atoms with van der Waals surface area (Å²) in [5, 5.41) is 13.9. The van der Waals surface area contributed by atoms with Gasteiger partial charge >= 0.3 is 0 Å². The van der Waals surface area contributed by atoms with Gasteiger partial charge in [0.1, 0.15) is 0 Å². The number of hydrogen-bond donors (Lipinski definition) is 1. The molecule has 4 aromatic rings. The molecule has 0 aliphatic carbocycles. The zero-order valence-corrected chi connectivity index (χ0v) is 17.9. The first-order valence-corrected chi connectivity index (χ1v) is 10.7. The van der Waals surface area contributed by atoms with Crippen LogP contribution in [0.2, 0.25) is 5.02 Å². The average molecular weight is 442 g/mol. The Bertz CT molecular complexity index is 1360. The summed E-state index contributed by atoms with van der Waals surface area (Å²) in [5.41, 5.74) is 0.343. The van der Waals surface area contributed by atoms with E-state index in [1.807, 2.05) is 60.7 Å². The standard InChI is InChI=1S/C27H20ClNO3/c28-23-14-5-2-9-19(23)17-29-24-15-6-4-13-22(24)27(32,26(29)31)16-25(30)21-12-7-10-18-8-1-3-11-20(18)21/h1-15,32H,16-17H2. The van der Waals surface area contributed by atoms with E-state index in [1.54, 1.807) is 30.3 Å². The minimum absolute atomic E-state index is 0.209. The van der Waals surface area contributed by atoms with Gasteiger partial charge in [-0.05, 0) is 28.5 Å². The van der Waals surface area contributed by atoms with Gasteiger partial charge < -0.3 is 10.0 Å². The van der Waals surface area contributed by atoms with Crippen LogP contribution in [-0.4, -0.2) is 16.8 Å². The van der Waals surface area contributed by atoms with Crippen molar-refractivity contribution in [3.8, 4) is 0 Å². The molecule has 1 aliphatic heterocycles. The fraction of sp³-hybridized carbons (Fsp3) is 0.111. The highest BCUT2D eigenvalue weighted by Gasteiger charge is 2.50. The summed E-state index contributed by atoms with van der Waals surface area (Å²) in [5.74, 6) is -0.806.